The first kappa shape index (κ1) is 25.9. The van der Waals surface area contributed by atoms with Crippen molar-refractivity contribution in [2.24, 2.45) is 5.92 Å². The van der Waals surface area contributed by atoms with E-state index in [0.717, 1.165) is 6.07 Å². The highest BCUT2D eigenvalue weighted by Crippen LogP contribution is 2.65. The number of rotatable bonds is 6. The van der Waals surface area contributed by atoms with Crippen molar-refractivity contribution in [3.05, 3.63) is 86.6 Å². The molecule has 0 saturated heterocycles. The fourth-order valence-corrected chi connectivity index (χ4v) is 5.33. The van der Waals surface area contributed by atoms with Gasteiger partial charge in [-0.15, -0.1) is 23.2 Å². The molecule has 5 nitrogen and oxygen atoms in total. The van der Waals surface area contributed by atoms with Crippen LogP contribution in [-0.4, -0.2) is 23.3 Å². The van der Waals surface area contributed by atoms with Gasteiger partial charge in [0, 0.05) is 33.4 Å². The van der Waals surface area contributed by atoms with Crippen LogP contribution in [0.1, 0.15) is 21.8 Å². The van der Waals surface area contributed by atoms with Crippen molar-refractivity contribution in [1.82, 2.24) is 0 Å². The molecule has 1 saturated carbocycles. The first-order chi connectivity index (χ1) is 16.5. The number of amides is 2. The van der Waals surface area contributed by atoms with Crippen molar-refractivity contribution in [1.29, 1.82) is 0 Å². The SMILES string of the molecule is COc1cc(NC(=O)c2cc(NC(=O)[C@@H]3[C@@H](c4cc(Cl)cc(Cl)c4)C3(Cl)Cl)ccc2Cl)ccc1F. The van der Waals surface area contributed by atoms with Gasteiger partial charge in [-0.1, -0.05) is 34.8 Å². The van der Waals surface area contributed by atoms with Gasteiger partial charge in [0.25, 0.3) is 5.91 Å². The number of methoxy groups -OCH3 is 1. The van der Waals surface area contributed by atoms with Gasteiger partial charge in [-0.2, -0.15) is 0 Å². The summed E-state index contributed by atoms with van der Waals surface area (Å²) in [6.45, 7) is 0. The van der Waals surface area contributed by atoms with Crippen LogP contribution < -0.4 is 15.4 Å². The molecule has 1 aliphatic carbocycles. The molecule has 0 spiro atoms. The van der Waals surface area contributed by atoms with Gasteiger partial charge in [-0.05, 0) is 54.1 Å². The first-order valence-electron chi connectivity index (χ1n) is 10.1. The third-order valence-corrected chi connectivity index (χ3v) is 7.17. The maximum absolute atomic E-state index is 13.6. The third-order valence-electron chi connectivity index (χ3n) is 5.47. The Kier molecular flexibility index (Phi) is 7.41. The van der Waals surface area contributed by atoms with Crippen LogP contribution in [0.5, 0.6) is 5.75 Å². The molecule has 2 amide bonds. The summed E-state index contributed by atoms with van der Waals surface area (Å²) in [4.78, 5) is 25.8. The summed E-state index contributed by atoms with van der Waals surface area (Å²) >= 11 is 31.2. The summed E-state index contributed by atoms with van der Waals surface area (Å²) in [5.41, 5.74) is 1.33. The van der Waals surface area contributed by atoms with E-state index in [-0.39, 0.29) is 16.3 Å². The summed E-state index contributed by atoms with van der Waals surface area (Å²) < 4.78 is 17.2. The monoisotopic (exact) mass is 574 g/mol. The van der Waals surface area contributed by atoms with E-state index < -0.39 is 33.8 Å². The molecule has 2 N–H and O–H groups in total. The van der Waals surface area contributed by atoms with Gasteiger partial charge in [0.1, 0.15) is 4.33 Å². The number of anilines is 2. The smallest absolute Gasteiger partial charge is 0.257 e. The lowest BCUT2D eigenvalue weighted by Gasteiger charge is -2.11. The van der Waals surface area contributed by atoms with Crippen LogP contribution in [0, 0.1) is 11.7 Å². The number of hydrogen-bond acceptors (Lipinski definition) is 3. The summed E-state index contributed by atoms with van der Waals surface area (Å²) in [6, 6.07) is 13.2. The molecule has 0 heterocycles. The Bertz CT molecular complexity index is 1310. The van der Waals surface area contributed by atoms with Crippen molar-refractivity contribution in [3.8, 4) is 5.75 Å². The van der Waals surface area contributed by atoms with Crippen LogP contribution in [0.4, 0.5) is 15.8 Å². The largest absolute Gasteiger partial charge is 0.494 e. The standard InChI is InChI=1S/C24H16Cl5FN2O3/c1-35-19-10-15(3-5-18(19)30)31-22(33)16-9-14(2-4-17(16)27)32-23(34)21-20(24(21,28)29)11-6-12(25)8-13(26)7-11/h2-10,20-21H,1H3,(H,31,33)(H,32,34)/t20-,21+/m1/s1. The lowest BCUT2D eigenvalue weighted by Crippen LogP contribution is -2.18. The molecule has 3 aromatic carbocycles. The molecule has 0 radical (unpaired) electrons. The average Bonchev–Trinajstić information content (AvgIpc) is 3.37. The van der Waals surface area contributed by atoms with Crippen molar-refractivity contribution in [2.45, 2.75) is 10.3 Å². The van der Waals surface area contributed by atoms with Gasteiger partial charge in [0.15, 0.2) is 11.6 Å². The second-order valence-corrected chi connectivity index (χ2v) is 10.5. The zero-order valence-electron chi connectivity index (χ0n) is 17.8. The van der Waals surface area contributed by atoms with Gasteiger partial charge in [0.05, 0.1) is 23.6 Å². The Hall–Kier alpha value is -2.22. The lowest BCUT2D eigenvalue weighted by molar-refractivity contribution is -0.117. The molecule has 2 atom stereocenters. The fourth-order valence-electron chi connectivity index (χ4n) is 3.76. The highest BCUT2D eigenvalue weighted by molar-refractivity contribution is 6.53. The normalized spacial score (nSPS) is 18.0. The molecule has 0 bridgehead atoms. The molecule has 1 aliphatic rings. The summed E-state index contributed by atoms with van der Waals surface area (Å²) in [7, 11) is 1.31. The minimum atomic E-state index is -1.35. The first-order valence-corrected chi connectivity index (χ1v) is 12.0. The predicted molar refractivity (Wildman–Crippen MR) is 138 cm³/mol. The quantitative estimate of drug-likeness (QED) is 0.298. The number of benzene rings is 3. The van der Waals surface area contributed by atoms with Crippen molar-refractivity contribution >= 4 is 81.2 Å². The molecule has 3 aromatic rings. The van der Waals surface area contributed by atoms with Crippen molar-refractivity contribution < 1.29 is 18.7 Å². The predicted octanol–water partition coefficient (Wildman–Crippen LogP) is 7.57. The topological polar surface area (TPSA) is 67.4 Å². The maximum atomic E-state index is 13.6. The van der Waals surface area contributed by atoms with Crippen LogP contribution in [0.3, 0.4) is 0 Å². The molecule has 35 heavy (non-hydrogen) atoms. The van der Waals surface area contributed by atoms with E-state index in [1.54, 1.807) is 18.2 Å². The Morgan fingerprint density at radius 1 is 0.914 bits per heavy atom. The van der Waals surface area contributed by atoms with E-state index in [9.17, 15) is 14.0 Å². The minimum Gasteiger partial charge on any atom is -0.494 e. The van der Waals surface area contributed by atoms with E-state index in [4.69, 9.17) is 62.7 Å². The Morgan fingerprint density at radius 2 is 1.54 bits per heavy atom. The Balaban J connectivity index is 1.51. The van der Waals surface area contributed by atoms with E-state index in [2.05, 4.69) is 10.6 Å². The van der Waals surface area contributed by atoms with E-state index in [0.29, 0.717) is 27.0 Å². The second kappa shape index (κ2) is 10.0. The minimum absolute atomic E-state index is 0.0273. The van der Waals surface area contributed by atoms with Crippen molar-refractivity contribution in [3.63, 3.8) is 0 Å². The number of ether oxygens (including phenoxy) is 1. The molecule has 0 aromatic heterocycles. The number of nitrogens with one attached hydrogen (secondary N) is 2. The van der Waals surface area contributed by atoms with Gasteiger partial charge in [-0.3, -0.25) is 9.59 Å². The Morgan fingerprint density at radius 3 is 2.20 bits per heavy atom. The Labute approximate surface area is 225 Å². The molecule has 182 valence electrons. The zero-order valence-corrected chi connectivity index (χ0v) is 21.6. The van der Waals surface area contributed by atoms with Crippen molar-refractivity contribution in [2.75, 3.05) is 17.7 Å². The van der Waals surface area contributed by atoms with Gasteiger partial charge < -0.3 is 15.4 Å². The summed E-state index contributed by atoms with van der Waals surface area (Å²) in [5, 5.41) is 6.28. The second-order valence-electron chi connectivity index (χ2n) is 7.82. The summed E-state index contributed by atoms with van der Waals surface area (Å²) in [5.74, 6) is -2.91. The van der Waals surface area contributed by atoms with E-state index in [1.807, 2.05) is 0 Å². The number of hydrogen-bond donors (Lipinski definition) is 2. The fraction of sp³-hybridized carbons (Fsp3) is 0.167. The number of carbonyl (C=O) groups excluding carboxylic acids is 2. The molecule has 1 fully saturated rings. The van der Waals surface area contributed by atoms with E-state index in [1.165, 1.54) is 37.4 Å². The third kappa shape index (κ3) is 5.47. The number of halogens is 6. The molecular formula is C24H16Cl5FN2O3. The van der Waals surface area contributed by atoms with Crippen LogP contribution in [0.15, 0.2) is 54.6 Å². The zero-order chi connectivity index (χ0) is 25.5. The highest BCUT2D eigenvalue weighted by Gasteiger charge is 2.67. The molecule has 11 heteroatoms. The molecule has 0 unspecified atom stereocenters. The number of alkyl halides is 2. The maximum Gasteiger partial charge on any atom is 0.257 e. The van der Waals surface area contributed by atoms with Crippen LogP contribution >= 0.6 is 58.0 Å². The van der Waals surface area contributed by atoms with Gasteiger partial charge >= 0.3 is 0 Å². The average molecular weight is 577 g/mol. The van der Waals surface area contributed by atoms with Gasteiger partial charge in [-0.25, -0.2) is 4.39 Å². The van der Waals surface area contributed by atoms with Crippen LogP contribution in [-0.2, 0) is 4.79 Å². The lowest BCUT2D eigenvalue weighted by atomic mass is 10.1. The summed E-state index contributed by atoms with van der Waals surface area (Å²) in [6.07, 6.45) is 0. The number of carbonyl (C=O) groups is 2. The molecular weight excluding hydrogens is 561 g/mol. The van der Waals surface area contributed by atoms with Crippen LogP contribution in [0.25, 0.3) is 0 Å². The van der Waals surface area contributed by atoms with Gasteiger partial charge in [0.2, 0.25) is 5.91 Å². The molecule has 4 rings (SSSR count). The molecule has 0 aliphatic heterocycles. The van der Waals surface area contributed by atoms with E-state index >= 15 is 0 Å². The van der Waals surface area contributed by atoms with Crippen LogP contribution in [0.2, 0.25) is 15.1 Å². The highest BCUT2D eigenvalue weighted by atomic mass is 35.5.